The fourth-order valence-corrected chi connectivity index (χ4v) is 1.64. The fourth-order valence-electron chi connectivity index (χ4n) is 1.64. The number of hydrogen-bond acceptors (Lipinski definition) is 3. The predicted molar refractivity (Wildman–Crippen MR) is 61.9 cm³/mol. The third kappa shape index (κ3) is 4.42. The topological polar surface area (TPSA) is 42.7 Å². The van der Waals surface area contributed by atoms with Crippen molar-refractivity contribution in [2.45, 2.75) is 46.6 Å². The monoisotopic (exact) mass is 210 g/mol. The van der Waals surface area contributed by atoms with Crippen LogP contribution in [-0.2, 0) is 6.54 Å². The Balaban J connectivity index is 2.12. The van der Waals surface area contributed by atoms with Gasteiger partial charge >= 0.3 is 0 Å². The highest BCUT2D eigenvalue weighted by atomic mass is 15.3. The van der Waals surface area contributed by atoms with Crippen molar-refractivity contribution in [2.75, 3.05) is 13.1 Å². The van der Waals surface area contributed by atoms with E-state index in [-0.39, 0.29) is 0 Å². The third-order valence-electron chi connectivity index (χ3n) is 2.44. The fraction of sp³-hybridized carbons (Fsp3) is 0.818. The molecule has 86 valence electrons. The molecule has 0 saturated carbocycles. The van der Waals surface area contributed by atoms with Crippen LogP contribution in [-0.4, -0.2) is 27.9 Å². The lowest BCUT2D eigenvalue weighted by Gasteiger charge is -2.03. The molecule has 4 heteroatoms. The normalized spacial score (nSPS) is 10.9. The summed E-state index contributed by atoms with van der Waals surface area (Å²) in [7, 11) is 0. The molecule has 15 heavy (non-hydrogen) atoms. The molecule has 1 aromatic rings. The van der Waals surface area contributed by atoms with Crippen LogP contribution >= 0.6 is 0 Å². The smallest absolute Gasteiger partial charge is 0.147 e. The number of aromatic nitrogens is 3. The van der Waals surface area contributed by atoms with E-state index in [1.165, 1.54) is 19.3 Å². The van der Waals surface area contributed by atoms with Crippen LogP contribution in [0.15, 0.2) is 0 Å². The van der Waals surface area contributed by atoms with Crippen LogP contribution in [0.5, 0.6) is 0 Å². The van der Waals surface area contributed by atoms with E-state index < -0.39 is 0 Å². The summed E-state index contributed by atoms with van der Waals surface area (Å²) < 4.78 is 2.00. The van der Waals surface area contributed by atoms with E-state index in [9.17, 15) is 0 Å². The number of aryl methyl sites for hydroxylation is 3. The largest absolute Gasteiger partial charge is 0.317 e. The zero-order valence-electron chi connectivity index (χ0n) is 10.1. The van der Waals surface area contributed by atoms with E-state index in [1.807, 2.05) is 18.5 Å². The first-order valence-corrected chi connectivity index (χ1v) is 5.82. The molecule has 4 nitrogen and oxygen atoms in total. The molecule has 0 saturated heterocycles. The van der Waals surface area contributed by atoms with Gasteiger partial charge in [-0.15, -0.1) is 0 Å². The van der Waals surface area contributed by atoms with E-state index in [0.29, 0.717) is 0 Å². The van der Waals surface area contributed by atoms with Gasteiger partial charge in [-0.25, -0.2) is 4.98 Å². The van der Waals surface area contributed by atoms with Gasteiger partial charge in [0.15, 0.2) is 0 Å². The molecule has 0 spiro atoms. The first kappa shape index (κ1) is 12.2. The van der Waals surface area contributed by atoms with Gasteiger partial charge in [-0.3, -0.25) is 4.68 Å². The average molecular weight is 210 g/mol. The molecule has 0 radical (unpaired) electrons. The van der Waals surface area contributed by atoms with E-state index >= 15 is 0 Å². The van der Waals surface area contributed by atoms with Gasteiger partial charge in [0.1, 0.15) is 11.6 Å². The molecule has 0 aliphatic heterocycles. The molecule has 0 aliphatic carbocycles. The predicted octanol–water partition coefficient (Wildman–Crippen LogP) is 1.67. The standard InChI is InChI=1S/C11H22N4/c1-4-12-8-6-5-7-9-15-11(3)13-10(2)14-15/h12H,4-9H2,1-3H3. The highest BCUT2D eigenvalue weighted by Crippen LogP contribution is 2.01. The number of nitrogens with zero attached hydrogens (tertiary/aromatic N) is 3. The third-order valence-corrected chi connectivity index (χ3v) is 2.44. The highest BCUT2D eigenvalue weighted by Gasteiger charge is 2.00. The van der Waals surface area contributed by atoms with Gasteiger partial charge < -0.3 is 5.32 Å². The average Bonchev–Trinajstić information content (AvgIpc) is 2.51. The van der Waals surface area contributed by atoms with Crippen molar-refractivity contribution in [2.24, 2.45) is 0 Å². The summed E-state index contributed by atoms with van der Waals surface area (Å²) in [5, 5.41) is 7.66. The lowest BCUT2D eigenvalue weighted by Crippen LogP contribution is -2.14. The summed E-state index contributed by atoms with van der Waals surface area (Å²) in [5.74, 6) is 1.90. The first-order chi connectivity index (χ1) is 7.24. The second-order valence-electron chi connectivity index (χ2n) is 3.84. The molecule has 1 heterocycles. The summed E-state index contributed by atoms with van der Waals surface area (Å²) in [5.41, 5.74) is 0. The van der Waals surface area contributed by atoms with Crippen LogP contribution in [0.25, 0.3) is 0 Å². The minimum Gasteiger partial charge on any atom is -0.317 e. The van der Waals surface area contributed by atoms with Gasteiger partial charge in [0, 0.05) is 6.54 Å². The Labute approximate surface area is 92.1 Å². The van der Waals surface area contributed by atoms with Crippen molar-refractivity contribution in [1.82, 2.24) is 20.1 Å². The Bertz CT molecular complexity index is 280. The van der Waals surface area contributed by atoms with E-state index in [1.54, 1.807) is 0 Å². The summed E-state index contributed by atoms with van der Waals surface area (Å²) in [6.07, 6.45) is 3.70. The molecule has 0 bridgehead atoms. The minimum atomic E-state index is 0.875. The maximum Gasteiger partial charge on any atom is 0.147 e. The van der Waals surface area contributed by atoms with Crippen LogP contribution in [0, 0.1) is 13.8 Å². The van der Waals surface area contributed by atoms with Crippen LogP contribution in [0.2, 0.25) is 0 Å². The Morgan fingerprint density at radius 3 is 2.60 bits per heavy atom. The van der Waals surface area contributed by atoms with Gasteiger partial charge in [-0.2, -0.15) is 5.10 Å². The Morgan fingerprint density at radius 1 is 1.20 bits per heavy atom. The molecule has 1 rings (SSSR count). The molecular formula is C11H22N4. The number of nitrogens with one attached hydrogen (secondary N) is 1. The maximum absolute atomic E-state index is 4.33. The molecule has 0 unspecified atom stereocenters. The van der Waals surface area contributed by atoms with Crippen molar-refractivity contribution in [3.05, 3.63) is 11.6 Å². The van der Waals surface area contributed by atoms with E-state index in [0.717, 1.165) is 31.3 Å². The first-order valence-electron chi connectivity index (χ1n) is 5.82. The number of unbranched alkanes of at least 4 members (excludes halogenated alkanes) is 2. The molecule has 0 atom stereocenters. The molecule has 1 aromatic heterocycles. The van der Waals surface area contributed by atoms with Gasteiger partial charge in [-0.1, -0.05) is 13.3 Å². The van der Waals surface area contributed by atoms with Crippen molar-refractivity contribution in [3.8, 4) is 0 Å². The molecule has 0 amide bonds. The lowest BCUT2D eigenvalue weighted by atomic mass is 10.2. The summed E-state index contributed by atoms with van der Waals surface area (Å²) >= 11 is 0. The minimum absolute atomic E-state index is 0.875. The molecule has 0 aliphatic rings. The van der Waals surface area contributed by atoms with Gasteiger partial charge in [-0.05, 0) is 39.8 Å². The zero-order valence-corrected chi connectivity index (χ0v) is 10.1. The lowest BCUT2D eigenvalue weighted by molar-refractivity contribution is 0.521. The van der Waals surface area contributed by atoms with E-state index in [2.05, 4.69) is 22.3 Å². The maximum atomic E-state index is 4.33. The van der Waals surface area contributed by atoms with Crippen LogP contribution < -0.4 is 5.32 Å². The highest BCUT2D eigenvalue weighted by molar-refractivity contribution is 4.87. The second-order valence-corrected chi connectivity index (χ2v) is 3.84. The summed E-state index contributed by atoms with van der Waals surface area (Å²) in [6, 6.07) is 0. The van der Waals surface area contributed by atoms with Crippen molar-refractivity contribution < 1.29 is 0 Å². The number of hydrogen-bond donors (Lipinski definition) is 1. The van der Waals surface area contributed by atoms with Crippen LogP contribution in [0.1, 0.15) is 37.8 Å². The number of rotatable bonds is 7. The summed E-state index contributed by atoms with van der Waals surface area (Å²) in [4.78, 5) is 4.28. The van der Waals surface area contributed by atoms with Crippen molar-refractivity contribution in [3.63, 3.8) is 0 Å². The molecular weight excluding hydrogens is 188 g/mol. The Kier molecular flexibility index (Phi) is 5.32. The van der Waals surface area contributed by atoms with Crippen LogP contribution in [0.3, 0.4) is 0 Å². The quantitative estimate of drug-likeness (QED) is 0.696. The van der Waals surface area contributed by atoms with Crippen LogP contribution in [0.4, 0.5) is 0 Å². The molecule has 1 N–H and O–H groups in total. The molecule has 0 fully saturated rings. The second kappa shape index (κ2) is 6.56. The zero-order chi connectivity index (χ0) is 11.1. The van der Waals surface area contributed by atoms with Gasteiger partial charge in [0.05, 0.1) is 0 Å². The summed E-state index contributed by atoms with van der Waals surface area (Å²) in [6.45, 7) is 9.29. The van der Waals surface area contributed by atoms with Crippen molar-refractivity contribution in [1.29, 1.82) is 0 Å². The Morgan fingerprint density at radius 2 is 2.00 bits per heavy atom. The van der Waals surface area contributed by atoms with Gasteiger partial charge in [0.2, 0.25) is 0 Å². The van der Waals surface area contributed by atoms with Crippen molar-refractivity contribution >= 4 is 0 Å². The van der Waals surface area contributed by atoms with Gasteiger partial charge in [0.25, 0.3) is 0 Å². The van der Waals surface area contributed by atoms with E-state index in [4.69, 9.17) is 0 Å². The SMILES string of the molecule is CCNCCCCCn1nc(C)nc1C. The molecule has 0 aromatic carbocycles. The Hall–Kier alpha value is -0.900.